The molecule has 3 aliphatic heterocycles. The molecule has 7 heteroatoms. The van der Waals surface area contributed by atoms with E-state index in [2.05, 4.69) is 175 Å². The third-order valence-electron chi connectivity index (χ3n) is 12.4. The fourth-order valence-electron chi connectivity index (χ4n) is 10.0. The summed E-state index contributed by atoms with van der Waals surface area (Å²) in [5, 5.41) is 16.8. The fourth-order valence-corrected chi connectivity index (χ4v) is 11.2. The minimum absolute atomic E-state index is 0.0605. The van der Waals surface area contributed by atoms with Gasteiger partial charge in [-0.05, 0) is 82.6 Å². The van der Waals surface area contributed by atoms with E-state index in [0.717, 1.165) is 61.9 Å². The van der Waals surface area contributed by atoms with Gasteiger partial charge < -0.3 is 18.8 Å². The van der Waals surface area contributed by atoms with Crippen LogP contribution in [-0.2, 0) is 5.41 Å². The van der Waals surface area contributed by atoms with E-state index in [-0.39, 0.29) is 12.1 Å². The molecule has 56 heavy (non-hydrogen) atoms. The molecule has 0 amide bonds. The largest absolute Gasteiger partial charge is 0.468 e. The van der Waals surface area contributed by atoms with Gasteiger partial charge in [0.15, 0.2) is 0 Å². The van der Waals surface area contributed by atoms with Crippen LogP contribution in [-0.4, -0.2) is 11.3 Å². The van der Waals surface area contributed by atoms with Crippen LogP contribution in [0.2, 0.25) is 0 Å². The van der Waals surface area contributed by atoms with Crippen LogP contribution >= 0.6 is 11.3 Å². The topological polar surface area (TPSA) is 48.3 Å². The molecule has 6 heterocycles. The van der Waals surface area contributed by atoms with E-state index in [9.17, 15) is 5.26 Å². The Morgan fingerprint density at radius 1 is 0.625 bits per heavy atom. The number of anilines is 6. The number of aromatic nitrogens is 1. The molecule has 10 aromatic rings. The molecule has 3 aromatic heterocycles. The second kappa shape index (κ2) is 10.3. The zero-order chi connectivity index (χ0) is 37.2. The van der Waals surface area contributed by atoms with Crippen molar-refractivity contribution in [2.75, 3.05) is 9.80 Å². The Bertz CT molecular complexity index is 3470. The summed E-state index contributed by atoms with van der Waals surface area (Å²) in [6.07, 6.45) is 0. The van der Waals surface area contributed by atoms with E-state index < -0.39 is 0 Å². The summed E-state index contributed by atoms with van der Waals surface area (Å²) in [4.78, 5) is 4.82. The molecule has 3 aliphatic rings. The number of fused-ring (bicyclic) bond motifs is 14. The Kier molecular flexibility index (Phi) is 5.63. The monoisotopic (exact) mass is 734 g/mol. The lowest BCUT2D eigenvalue weighted by atomic mass is 9.35. The molecule has 0 atom stereocenters. The molecule has 0 N–H and O–H groups in total. The summed E-state index contributed by atoms with van der Waals surface area (Å²) in [6.45, 7) is 6.59. The lowest BCUT2D eigenvalue weighted by Crippen LogP contribution is -2.61. The average molecular weight is 735 g/mol. The van der Waals surface area contributed by atoms with Crippen molar-refractivity contribution in [2.24, 2.45) is 0 Å². The molecule has 262 valence electrons. The molecular weight excluding hydrogens is 703 g/mol. The summed E-state index contributed by atoms with van der Waals surface area (Å²) in [7, 11) is 0. The fraction of sp³-hybridized carbons (Fsp3) is 0.0816. The van der Waals surface area contributed by atoms with E-state index in [1.54, 1.807) is 0 Å². The predicted octanol–water partition coefficient (Wildman–Crippen LogP) is 11.5. The summed E-state index contributed by atoms with van der Waals surface area (Å²) in [5.74, 6) is 0. The van der Waals surface area contributed by atoms with Gasteiger partial charge in [-0.15, -0.1) is 11.3 Å². The minimum Gasteiger partial charge on any atom is -0.468 e. The number of nitrogens with zero attached hydrogens (tertiary/aromatic N) is 4. The molecule has 0 bridgehead atoms. The number of nitriles is 1. The summed E-state index contributed by atoms with van der Waals surface area (Å²) < 4.78 is 12.1. The molecule has 0 saturated carbocycles. The maximum Gasteiger partial charge on any atom is 0.297 e. The van der Waals surface area contributed by atoms with Crippen molar-refractivity contribution in [3.05, 3.63) is 145 Å². The van der Waals surface area contributed by atoms with Gasteiger partial charge in [0, 0.05) is 53.4 Å². The highest BCUT2D eigenvalue weighted by atomic mass is 32.1. The first-order valence-electron chi connectivity index (χ1n) is 19.2. The van der Waals surface area contributed by atoms with E-state index in [4.69, 9.17) is 4.42 Å². The maximum atomic E-state index is 10.8. The molecule has 7 aromatic carbocycles. The Labute approximate surface area is 326 Å². The van der Waals surface area contributed by atoms with Gasteiger partial charge in [0.05, 0.1) is 51.1 Å². The molecule has 0 unspecified atom stereocenters. The van der Waals surface area contributed by atoms with Crippen LogP contribution in [0.1, 0.15) is 31.9 Å². The van der Waals surface area contributed by atoms with Crippen LogP contribution in [0.3, 0.4) is 0 Å². The van der Waals surface area contributed by atoms with E-state index in [0.29, 0.717) is 5.56 Å². The van der Waals surface area contributed by atoms with Gasteiger partial charge >= 0.3 is 0 Å². The van der Waals surface area contributed by atoms with Crippen molar-refractivity contribution in [1.29, 1.82) is 5.26 Å². The van der Waals surface area contributed by atoms with Crippen LogP contribution in [0.5, 0.6) is 0 Å². The summed E-state index contributed by atoms with van der Waals surface area (Å²) in [5.41, 5.74) is 15.8. The van der Waals surface area contributed by atoms with Gasteiger partial charge in [-0.2, -0.15) is 5.26 Å². The Hall–Kier alpha value is -6.75. The van der Waals surface area contributed by atoms with Crippen molar-refractivity contribution < 1.29 is 4.42 Å². The number of rotatable bonds is 1. The molecule has 13 rings (SSSR count). The highest BCUT2D eigenvalue weighted by Gasteiger charge is 2.49. The maximum absolute atomic E-state index is 10.8. The second-order valence-corrected chi connectivity index (χ2v) is 17.5. The molecule has 0 spiro atoms. The van der Waals surface area contributed by atoms with Crippen LogP contribution in [0.25, 0.3) is 58.6 Å². The number of hydrogen-bond acceptors (Lipinski definition) is 5. The Morgan fingerprint density at radius 2 is 1.38 bits per heavy atom. The number of benzene rings is 7. The summed E-state index contributed by atoms with van der Waals surface area (Å²) in [6, 6.07) is 51.1. The van der Waals surface area contributed by atoms with Crippen molar-refractivity contribution in [3.63, 3.8) is 0 Å². The minimum atomic E-state index is -0.202. The van der Waals surface area contributed by atoms with Crippen LogP contribution in [0, 0.1) is 11.3 Å². The number of furan rings is 1. The molecule has 0 aliphatic carbocycles. The zero-order valence-corrected chi connectivity index (χ0v) is 31.7. The number of thiophene rings is 1. The quantitative estimate of drug-likeness (QED) is 0.158. The smallest absolute Gasteiger partial charge is 0.297 e. The van der Waals surface area contributed by atoms with Crippen LogP contribution in [0.15, 0.2) is 138 Å². The van der Waals surface area contributed by atoms with Crippen molar-refractivity contribution in [1.82, 2.24) is 4.57 Å². The average Bonchev–Trinajstić information content (AvgIpc) is 3.89. The third kappa shape index (κ3) is 3.70. The Balaban J connectivity index is 1.18. The van der Waals surface area contributed by atoms with Gasteiger partial charge in [-0.1, -0.05) is 93.6 Å². The molecule has 0 fully saturated rings. The van der Waals surface area contributed by atoms with Crippen molar-refractivity contribution in [2.45, 2.75) is 26.2 Å². The van der Waals surface area contributed by atoms with E-state index >= 15 is 0 Å². The van der Waals surface area contributed by atoms with Gasteiger partial charge in [0.2, 0.25) is 0 Å². The first-order chi connectivity index (χ1) is 27.4. The lowest BCUT2D eigenvalue weighted by Gasteiger charge is -2.44. The van der Waals surface area contributed by atoms with Crippen LogP contribution in [0.4, 0.5) is 34.1 Å². The normalized spacial score (nSPS) is 13.9. The highest BCUT2D eigenvalue weighted by Crippen LogP contribution is 2.53. The standard InChI is InChI=1S/C49H31BN4OS/c1-49(2,3)28-18-21-41-34(24-28)46-48(55-41)50-35-13-9-16-38-47(35)54(37-15-8-12-33-30-10-4-6-14-36(30)53(38)45(33)37)40-23-27(26-51)22-39(44(40)50)52(46)29-19-20-32-31-11-5-7-17-42(31)56-43(32)25-29/h4-25H,1-3H3. The lowest BCUT2D eigenvalue weighted by molar-refractivity contribution is 0.590. The number of hydrogen-bond donors (Lipinski definition) is 0. The Morgan fingerprint density at radius 3 is 2.23 bits per heavy atom. The van der Waals surface area contributed by atoms with Gasteiger partial charge in [0.25, 0.3) is 6.71 Å². The zero-order valence-electron chi connectivity index (χ0n) is 30.9. The molecule has 5 nitrogen and oxygen atoms in total. The highest BCUT2D eigenvalue weighted by molar-refractivity contribution is 7.25. The van der Waals surface area contributed by atoms with Gasteiger partial charge in [-0.3, -0.25) is 0 Å². The van der Waals surface area contributed by atoms with Crippen molar-refractivity contribution in [3.8, 4) is 11.8 Å². The van der Waals surface area contributed by atoms with E-state index in [1.165, 1.54) is 53.0 Å². The first-order valence-corrected chi connectivity index (χ1v) is 20.0. The third-order valence-corrected chi connectivity index (χ3v) is 13.6. The number of para-hydroxylation sites is 3. The van der Waals surface area contributed by atoms with Crippen molar-refractivity contribution >= 4 is 122 Å². The molecular formula is C49H31BN4OS. The molecule has 0 saturated heterocycles. The van der Waals surface area contributed by atoms with E-state index in [1.807, 2.05) is 11.3 Å². The summed E-state index contributed by atoms with van der Waals surface area (Å²) >= 11 is 1.82. The molecule has 0 radical (unpaired) electrons. The van der Waals surface area contributed by atoms with Gasteiger partial charge in [-0.25, -0.2) is 0 Å². The SMILES string of the molecule is CC(C)(C)c1ccc2oc3c(c2c1)N(c1ccc2c(c1)sc1ccccc12)c1cc(C#N)cc2c1B3c1cccc3c1N2c1cccc2c4ccccc4n-3c12. The predicted molar refractivity (Wildman–Crippen MR) is 234 cm³/mol. The van der Waals surface area contributed by atoms with Gasteiger partial charge in [0.1, 0.15) is 5.58 Å². The second-order valence-electron chi connectivity index (χ2n) is 16.4. The van der Waals surface area contributed by atoms with Crippen LogP contribution < -0.4 is 26.4 Å². The first kappa shape index (κ1) is 30.6.